The topological polar surface area (TPSA) is 183 Å². The summed E-state index contributed by atoms with van der Waals surface area (Å²) in [6.45, 7) is 0. The van der Waals surface area contributed by atoms with Crippen LogP contribution < -0.4 is 20.9 Å². The van der Waals surface area contributed by atoms with Gasteiger partial charge in [0.2, 0.25) is 0 Å². The number of esters is 3. The summed E-state index contributed by atoms with van der Waals surface area (Å²) in [4.78, 5) is 78.9. The zero-order valence-electron chi connectivity index (χ0n) is 39.1. The fraction of sp³-hybridized carbons (Fsp3) is 0.0714. The minimum Gasteiger partial charge on any atom is -0.465 e. The van der Waals surface area contributed by atoms with Gasteiger partial charge in [0.1, 0.15) is 0 Å². The Hall–Kier alpha value is -7.99. The Bertz CT molecular complexity index is 4000. The van der Waals surface area contributed by atoms with Gasteiger partial charge in [-0.1, -0.05) is 102 Å². The van der Waals surface area contributed by atoms with Gasteiger partial charge >= 0.3 is 17.9 Å². The molecule has 0 saturated carbocycles. The maximum atomic E-state index is 12.4. The summed E-state index contributed by atoms with van der Waals surface area (Å²) in [5.74, 6) is 0.728. The van der Waals surface area contributed by atoms with Crippen molar-refractivity contribution in [1.82, 2.24) is 9.97 Å². The molecule has 9 aromatic rings. The Morgan fingerprint density at radius 1 is 0.473 bits per heavy atom. The minimum atomic E-state index is -0.738. The van der Waals surface area contributed by atoms with E-state index >= 15 is 0 Å². The Morgan fingerprint density at radius 3 is 1.58 bits per heavy atom. The summed E-state index contributed by atoms with van der Waals surface area (Å²) < 4.78 is 14.9. The Balaban J connectivity index is 0.00000588. The van der Waals surface area contributed by atoms with Crippen LogP contribution in [0.2, 0.25) is 0 Å². The molecular formula is C56H35CuN8O6S3-3. The van der Waals surface area contributed by atoms with E-state index in [2.05, 4.69) is 0 Å². The van der Waals surface area contributed by atoms with Crippen LogP contribution in [0.15, 0.2) is 206 Å². The van der Waals surface area contributed by atoms with Gasteiger partial charge in [0.25, 0.3) is 0 Å². The minimum absolute atomic E-state index is 0. The third kappa shape index (κ3) is 8.90. The molecule has 0 fully saturated rings. The van der Waals surface area contributed by atoms with E-state index in [1.807, 2.05) is 115 Å². The summed E-state index contributed by atoms with van der Waals surface area (Å²) in [7, 11) is 4.08. The molecule has 367 valence electrons. The van der Waals surface area contributed by atoms with Crippen LogP contribution >= 0.6 is 35.3 Å². The van der Waals surface area contributed by atoms with Crippen LogP contribution in [0.5, 0.6) is 0 Å². The van der Waals surface area contributed by atoms with E-state index in [0.717, 1.165) is 73.2 Å². The molecule has 0 spiro atoms. The van der Waals surface area contributed by atoms with Crippen LogP contribution in [0, 0.1) is 0 Å². The Kier molecular flexibility index (Phi) is 13.1. The molecule has 1 radical (unpaired) electrons. The van der Waals surface area contributed by atoms with Gasteiger partial charge in [0.05, 0.1) is 49.7 Å². The summed E-state index contributed by atoms with van der Waals surface area (Å²) in [6, 6.07) is 47.4. The Labute approximate surface area is 445 Å². The first-order chi connectivity index (χ1) is 35.7. The molecular weight excluding hydrogens is 1040 g/mol. The summed E-state index contributed by atoms with van der Waals surface area (Å²) in [5, 5.41) is 8.29. The summed E-state index contributed by atoms with van der Waals surface area (Å²) in [5.41, 5.74) is 5.31. The second-order valence-corrected chi connectivity index (χ2v) is 19.9. The monoisotopic (exact) mass is 1070 g/mol. The molecule has 12 rings (SSSR count). The molecule has 8 bridgehead atoms. The number of nitrogens with zero attached hydrogens (tertiary/aromatic N) is 8. The number of hydrogen-bond donors (Lipinski definition) is 0. The average molecular weight is 1080 g/mol. The molecule has 74 heavy (non-hydrogen) atoms. The molecule has 18 heteroatoms. The summed E-state index contributed by atoms with van der Waals surface area (Å²) >= 11 is 4.52. The van der Waals surface area contributed by atoms with Crippen LogP contribution in [-0.2, 0) is 31.3 Å². The number of aliphatic imine (C=N–C) groups is 3. The van der Waals surface area contributed by atoms with Crippen molar-refractivity contribution in [2.24, 2.45) is 25.0 Å². The predicted octanol–water partition coefficient (Wildman–Crippen LogP) is 11.0. The smallest absolute Gasteiger partial charge is 0.337 e. The van der Waals surface area contributed by atoms with E-state index in [1.165, 1.54) is 56.6 Å². The van der Waals surface area contributed by atoms with E-state index < -0.39 is 24.1 Å². The summed E-state index contributed by atoms with van der Waals surface area (Å²) in [6.07, 6.45) is -0.738. The van der Waals surface area contributed by atoms with Gasteiger partial charge in [-0.25, -0.2) is 19.4 Å². The van der Waals surface area contributed by atoms with Gasteiger partial charge in [0.15, 0.2) is 0 Å². The number of aromatic nitrogens is 2. The van der Waals surface area contributed by atoms with Crippen molar-refractivity contribution in [3.8, 4) is 0 Å². The van der Waals surface area contributed by atoms with Crippen molar-refractivity contribution >= 4 is 104 Å². The largest absolute Gasteiger partial charge is 0.465 e. The van der Waals surface area contributed by atoms with E-state index in [0.29, 0.717) is 56.8 Å². The Morgan fingerprint density at radius 2 is 0.986 bits per heavy atom. The quantitative estimate of drug-likeness (QED) is 0.0761. The van der Waals surface area contributed by atoms with Crippen molar-refractivity contribution in [3.05, 3.63) is 207 Å². The van der Waals surface area contributed by atoms with Gasteiger partial charge < -0.3 is 49.5 Å². The van der Waals surface area contributed by atoms with Crippen molar-refractivity contribution in [2.75, 3.05) is 21.3 Å². The maximum Gasteiger partial charge on any atom is 0.337 e. The number of carbonyl (C=O) groups excluding carboxylic acids is 3. The van der Waals surface area contributed by atoms with Crippen molar-refractivity contribution < 1.29 is 45.7 Å². The van der Waals surface area contributed by atoms with Crippen molar-refractivity contribution in [2.45, 2.75) is 35.5 Å². The van der Waals surface area contributed by atoms with Crippen LogP contribution in [-0.4, -0.2) is 56.7 Å². The molecule has 1 unspecified atom stereocenters. The number of amidine groups is 3. The van der Waals surface area contributed by atoms with E-state index in [-0.39, 0.29) is 17.1 Å². The number of methoxy groups -OCH3 is 3. The fourth-order valence-corrected chi connectivity index (χ4v) is 11.7. The van der Waals surface area contributed by atoms with Gasteiger partial charge in [-0.15, -0.1) is 0 Å². The second kappa shape index (κ2) is 20.1. The van der Waals surface area contributed by atoms with Crippen LogP contribution in [0.1, 0.15) is 59.5 Å². The molecule has 14 nitrogen and oxygen atoms in total. The van der Waals surface area contributed by atoms with Gasteiger partial charge in [-0.3, -0.25) is 0 Å². The normalized spacial score (nSPS) is 15.9. The van der Waals surface area contributed by atoms with Crippen LogP contribution in [0.3, 0.4) is 0 Å². The molecule has 1 atom stereocenters. The number of benzene rings is 7. The first kappa shape index (κ1) is 48.3. The standard InChI is InChI=1S/C56H35N8O6S3.Cu/c1-68-54(65)29-17-23-32(24-18-29)71-40-14-6-11-37-43(40)52-60-48(37)58-46-35-9-4-5-10-36(35)47(57-46)59-51-44-38(12-7-15-41(44)72-33-25-19-30(20-26-33)55(66)69-2)49(61-51)63-53-45-39(50(62-52)64-53)13-8-16-42(45)73-34-27-21-31(22-28-34)56(67)70-3;/h4-28,48H,1-3H3;/q-3;. The zero-order valence-corrected chi connectivity index (χ0v) is 42.5. The van der Waals surface area contributed by atoms with Gasteiger partial charge in [-0.05, 0) is 124 Å². The van der Waals surface area contributed by atoms with Crippen molar-refractivity contribution in [3.63, 3.8) is 0 Å². The third-order valence-electron chi connectivity index (χ3n) is 12.2. The molecule has 0 saturated heterocycles. The van der Waals surface area contributed by atoms with E-state index in [4.69, 9.17) is 54.5 Å². The molecule has 3 aliphatic heterocycles. The number of rotatable bonds is 9. The molecule has 3 aliphatic rings. The third-order valence-corrected chi connectivity index (χ3v) is 15.4. The first-order valence-electron chi connectivity index (χ1n) is 22.6. The molecule has 2 aromatic heterocycles. The van der Waals surface area contributed by atoms with E-state index in [1.54, 1.807) is 36.4 Å². The molecule has 0 N–H and O–H groups in total. The molecule has 0 amide bonds. The predicted molar refractivity (Wildman–Crippen MR) is 280 cm³/mol. The van der Waals surface area contributed by atoms with Crippen LogP contribution in [0.4, 0.5) is 11.6 Å². The zero-order chi connectivity index (χ0) is 49.7. The average Bonchev–Trinajstić information content (AvgIpc) is 4.18. The number of fused-ring (bicyclic) bond motifs is 19. The van der Waals surface area contributed by atoms with E-state index in [9.17, 15) is 14.4 Å². The SMILES string of the molecule is COC(=O)c1ccc(Sc2cccc3c2C2=N/C3=N\c3[n-]c(c4cccc(Sc5ccc(C(=O)OC)cc5)c34)/N=C3\[N-]C(/N=c4\[n-]c(c5ccccc45)=N2)c2cccc(Sc4ccc(C(=O)OC)cc4)c23)cc1.[Cu]. The maximum absolute atomic E-state index is 12.4. The molecule has 0 aliphatic carbocycles. The number of carbonyl (C=O) groups is 3. The second-order valence-electron chi connectivity index (χ2n) is 16.5. The number of ether oxygens (including phenoxy) is 3. The van der Waals surface area contributed by atoms with Gasteiger partial charge in [0, 0.05) is 85.9 Å². The van der Waals surface area contributed by atoms with Crippen molar-refractivity contribution in [1.29, 1.82) is 0 Å². The number of hydrogen-bond acceptors (Lipinski definition) is 14. The van der Waals surface area contributed by atoms with Gasteiger partial charge in [-0.2, -0.15) is 0 Å². The molecule has 7 aromatic carbocycles. The van der Waals surface area contributed by atoms with Crippen LogP contribution in [0.25, 0.3) is 26.9 Å². The fourth-order valence-electron chi connectivity index (χ4n) is 8.76. The molecule has 5 heterocycles. The first-order valence-corrected chi connectivity index (χ1v) is 25.1.